The maximum absolute atomic E-state index is 14.5. The first-order valence-corrected chi connectivity index (χ1v) is 10.4. The maximum atomic E-state index is 14.5. The molecule has 2 aromatic rings. The molecule has 1 aliphatic carbocycles. The molecular weight excluding hydrogens is 369 g/mol. The molecule has 0 amide bonds. The van der Waals surface area contributed by atoms with Gasteiger partial charge in [-0.2, -0.15) is 0 Å². The third-order valence-corrected chi connectivity index (χ3v) is 5.77. The molecule has 4 nitrogen and oxygen atoms in total. The second-order valence-electron chi connectivity index (χ2n) is 8.24. The average Bonchev–Trinajstić information content (AvgIpc) is 3.53. The lowest BCUT2D eigenvalue weighted by molar-refractivity contribution is 0.0594. The van der Waals surface area contributed by atoms with Gasteiger partial charge in [-0.1, -0.05) is 29.8 Å². The minimum Gasteiger partial charge on any atom is -0.489 e. The minimum atomic E-state index is -0.641. The number of aryl methyl sites for hydroxylation is 1. The van der Waals surface area contributed by atoms with Crippen molar-refractivity contribution >= 4 is 5.97 Å². The Kier molecular flexibility index (Phi) is 5.86. The third-order valence-electron chi connectivity index (χ3n) is 5.77. The van der Waals surface area contributed by atoms with E-state index < -0.39 is 11.8 Å². The molecule has 0 bridgehead atoms. The van der Waals surface area contributed by atoms with Gasteiger partial charge >= 0.3 is 5.97 Å². The molecule has 154 valence electrons. The number of benzene rings is 2. The molecule has 1 saturated heterocycles. The van der Waals surface area contributed by atoms with Gasteiger partial charge in [0, 0.05) is 19.2 Å². The quantitative estimate of drug-likeness (QED) is 0.654. The highest BCUT2D eigenvalue weighted by Crippen LogP contribution is 2.45. The van der Waals surface area contributed by atoms with Crippen LogP contribution in [0.4, 0.5) is 4.39 Å². The van der Waals surface area contributed by atoms with Crippen LogP contribution in [0.2, 0.25) is 0 Å². The molecule has 0 radical (unpaired) electrons. The molecule has 2 aliphatic rings. The standard InChI is InChI=1S/C24H28FNO3/c1-16-5-3-6-17(11-16)14-26-10-4-7-19(15-26)29-23-13-22(25)21(24(27)28-2)12-20(23)18-8-9-18/h3,5-6,11-13,18-19H,4,7-10,14-15H2,1-2H3/t19-/m1/s1. The number of hydrogen-bond donors (Lipinski definition) is 0. The topological polar surface area (TPSA) is 38.8 Å². The van der Waals surface area contributed by atoms with Crippen LogP contribution in [-0.2, 0) is 11.3 Å². The lowest BCUT2D eigenvalue weighted by Crippen LogP contribution is -2.40. The van der Waals surface area contributed by atoms with E-state index in [4.69, 9.17) is 9.47 Å². The lowest BCUT2D eigenvalue weighted by atomic mass is 10.0. The highest BCUT2D eigenvalue weighted by molar-refractivity contribution is 5.90. The first-order valence-electron chi connectivity index (χ1n) is 10.4. The van der Waals surface area contributed by atoms with E-state index in [1.807, 2.05) is 0 Å². The molecule has 0 aromatic heterocycles. The van der Waals surface area contributed by atoms with E-state index in [-0.39, 0.29) is 11.7 Å². The van der Waals surface area contributed by atoms with Gasteiger partial charge in [0.25, 0.3) is 0 Å². The lowest BCUT2D eigenvalue weighted by Gasteiger charge is -2.33. The molecule has 1 heterocycles. The summed E-state index contributed by atoms with van der Waals surface area (Å²) >= 11 is 0. The number of ether oxygens (including phenoxy) is 2. The van der Waals surface area contributed by atoms with Gasteiger partial charge in [0.1, 0.15) is 17.7 Å². The summed E-state index contributed by atoms with van der Waals surface area (Å²) < 4.78 is 25.5. The molecule has 29 heavy (non-hydrogen) atoms. The predicted molar refractivity (Wildman–Crippen MR) is 110 cm³/mol. The molecular formula is C24H28FNO3. The highest BCUT2D eigenvalue weighted by Gasteiger charge is 2.31. The van der Waals surface area contributed by atoms with Crippen LogP contribution in [0.3, 0.4) is 0 Å². The summed E-state index contributed by atoms with van der Waals surface area (Å²) in [6, 6.07) is 11.6. The average molecular weight is 397 g/mol. The number of hydrogen-bond acceptors (Lipinski definition) is 4. The number of esters is 1. The van der Waals surface area contributed by atoms with Gasteiger partial charge in [-0.3, -0.25) is 4.90 Å². The molecule has 0 N–H and O–H groups in total. The Morgan fingerprint density at radius 3 is 2.76 bits per heavy atom. The van der Waals surface area contributed by atoms with Crippen LogP contribution in [0.25, 0.3) is 0 Å². The fourth-order valence-electron chi connectivity index (χ4n) is 4.15. The Bertz CT molecular complexity index is 894. The second-order valence-corrected chi connectivity index (χ2v) is 8.24. The van der Waals surface area contributed by atoms with Crippen LogP contribution >= 0.6 is 0 Å². The highest BCUT2D eigenvalue weighted by atomic mass is 19.1. The van der Waals surface area contributed by atoms with E-state index >= 15 is 0 Å². The van der Waals surface area contributed by atoms with Gasteiger partial charge < -0.3 is 9.47 Å². The van der Waals surface area contributed by atoms with Crippen LogP contribution < -0.4 is 4.74 Å². The van der Waals surface area contributed by atoms with Crippen LogP contribution in [0, 0.1) is 12.7 Å². The summed E-state index contributed by atoms with van der Waals surface area (Å²) in [5, 5.41) is 0. The molecule has 4 rings (SSSR count). The number of methoxy groups -OCH3 is 1. The Labute approximate surface area is 171 Å². The Balaban J connectivity index is 1.48. The van der Waals surface area contributed by atoms with E-state index in [2.05, 4.69) is 36.1 Å². The predicted octanol–water partition coefficient (Wildman–Crippen LogP) is 4.84. The monoisotopic (exact) mass is 397 g/mol. The number of carbonyl (C=O) groups is 1. The Morgan fingerprint density at radius 1 is 1.21 bits per heavy atom. The van der Waals surface area contributed by atoms with E-state index in [1.54, 1.807) is 6.07 Å². The fraction of sp³-hybridized carbons (Fsp3) is 0.458. The molecule has 1 aliphatic heterocycles. The van der Waals surface area contributed by atoms with Gasteiger partial charge in [0.05, 0.1) is 12.7 Å². The summed E-state index contributed by atoms with van der Waals surface area (Å²) in [5.41, 5.74) is 3.49. The van der Waals surface area contributed by atoms with E-state index in [9.17, 15) is 9.18 Å². The van der Waals surface area contributed by atoms with Gasteiger partial charge in [-0.25, -0.2) is 9.18 Å². The molecule has 0 spiro atoms. The molecule has 1 atom stereocenters. The Morgan fingerprint density at radius 2 is 2.03 bits per heavy atom. The fourth-order valence-corrected chi connectivity index (χ4v) is 4.15. The number of piperidine rings is 1. The maximum Gasteiger partial charge on any atom is 0.340 e. The SMILES string of the molecule is COC(=O)c1cc(C2CC2)c(O[C@@H]2CCCN(Cc3cccc(C)c3)C2)cc1F. The van der Waals surface area contributed by atoms with Crippen LogP contribution in [0.15, 0.2) is 36.4 Å². The normalized spacial score (nSPS) is 19.8. The van der Waals surface area contributed by atoms with Crippen molar-refractivity contribution in [3.05, 3.63) is 64.5 Å². The van der Waals surface area contributed by atoms with E-state index in [1.165, 1.54) is 24.3 Å². The third kappa shape index (κ3) is 4.78. The molecule has 0 unspecified atom stereocenters. The number of nitrogens with zero attached hydrogens (tertiary/aromatic N) is 1. The van der Waals surface area contributed by atoms with Crippen LogP contribution in [0.5, 0.6) is 5.75 Å². The van der Waals surface area contributed by atoms with Crippen LogP contribution in [-0.4, -0.2) is 37.2 Å². The first kappa shape index (κ1) is 19.9. The van der Waals surface area contributed by atoms with Gasteiger partial charge in [-0.05, 0) is 62.3 Å². The van der Waals surface area contributed by atoms with Crippen molar-refractivity contribution < 1.29 is 18.7 Å². The van der Waals surface area contributed by atoms with Crippen molar-refractivity contribution in [3.63, 3.8) is 0 Å². The largest absolute Gasteiger partial charge is 0.489 e. The number of carbonyl (C=O) groups excluding carboxylic acids is 1. The number of likely N-dealkylation sites (tertiary alicyclic amines) is 1. The van der Waals surface area contributed by atoms with Crippen molar-refractivity contribution in [2.45, 2.75) is 51.2 Å². The first-order chi connectivity index (χ1) is 14.0. The smallest absolute Gasteiger partial charge is 0.340 e. The summed E-state index contributed by atoms with van der Waals surface area (Å²) in [6.45, 7) is 4.86. The molecule has 2 fully saturated rings. The zero-order valence-electron chi connectivity index (χ0n) is 17.1. The van der Waals surface area contributed by atoms with Crippen molar-refractivity contribution in [2.75, 3.05) is 20.2 Å². The molecule has 5 heteroatoms. The summed E-state index contributed by atoms with van der Waals surface area (Å²) in [6.07, 6.45) is 4.13. The van der Waals surface area contributed by atoms with Crippen molar-refractivity contribution in [2.24, 2.45) is 0 Å². The zero-order valence-corrected chi connectivity index (χ0v) is 17.1. The zero-order chi connectivity index (χ0) is 20.4. The van der Waals surface area contributed by atoms with Crippen LogP contribution in [0.1, 0.15) is 58.6 Å². The van der Waals surface area contributed by atoms with Gasteiger partial charge in [0.15, 0.2) is 0 Å². The molecule has 2 aromatic carbocycles. The minimum absolute atomic E-state index is 0.00790. The van der Waals surface area contributed by atoms with E-state index in [0.29, 0.717) is 11.7 Å². The molecule has 1 saturated carbocycles. The summed E-state index contributed by atoms with van der Waals surface area (Å²) in [5.74, 6) is -0.289. The van der Waals surface area contributed by atoms with Crippen molar-refractivity contribution in [3.8, 4) is 5.75 Å². The summed E-state index contributed by atoms with van der Waals surface area (Å²) in [7, 11) is 1.27. The van der Waals surface area contributed by atoms with Gasteiger partial charge in [0.2, 0.25) is 0 Å². The summed E-state index contributed by atoms with van der Waals surface area (Å²) in [4.78, 5) is 14.3. The number of rotatable bonds is 6. The second kappa shape index (κ2) is 8.54. The van der Waals surface area contributed by atoms with Gasteiger partial charge in [-0.15, -0.1) is 0 Å². The van der Waals surface area contributed by atoms with Crippen molar-refractivity contribution in [1.82, 2.24) is 4.90 Å². The Hall–Kier alpha value is -2.40. The van der Waals surface area contributed by atoms with E-state index in [0.717, 1.165) is 50.9 Å². The number of halogens is 1. The van der Waals surface area contributed by atoms with Crippen molar-refractivity contribution in [1.29, 1.82) is 0 Å².